The Morgan fingerprint density at radius 3 is 2.83 bits per heavy atom. The van der Waals surface area contributed by atoms with Crippen LogP contribution in [0.3, 0.4) is 0 Å². The van der Waals surface area contributed by atoms with Crippen molar-refractivity contribution in [1.29, 1.82) is 0 Å². The standard InChI is InChI=1S/C20H25NO3/c1-20(2)18-8-7-15(11-17(18)14-24-20)12-21-13-16-5-3-4-6-19(16)23-10-9-22/h3-8,11,21-22H,9-10,12-14H2,1-2H3. The molecule has 0 atom stereocenters. The molecule has 2 aromatic rings. The molecule has 24 heavy (non-hydrogen) atoms. The largest absolute Gasteiger partial charge is 0.491 e. The Labute approximate surface area is 143 Å². The maximum Gasteiger partial charge on any atom is 0.123 e. The van der Waals surface area contributed by atoms with E-state index in [9.17, 15) is 0 Å². The van der Waals surface area contributed by atoms with E-state index in [1.54, 1.807) is 0 Å². The number of fused-ring (bicyclic) bond motifs is 1. The summed E-state index contributed by atoms with van der Waals surface area (Å²) in [6.07, 6.45) is 0. The van der Waals surface area contributed by atoms with Gasteiger partial charge in [0.25, 0.3) is 0 Å². The zero-order valence-corrected chi connectivity index (χ0v) is 14.3. The van der Waals surface area contributed by atoms with Gasteiger partial charge in [-0.25, -0.2) is 0 Å². The fraction of sp³-hybridized carbons (Fsp3) is 0.400. The van der Waals surface area contributed by atoms with Gasteiger partial charge < -0.3 is 19.9 Å². The van der Waals surface area contributed by atoms with E-state index in [1.165, 1.54) is 16.7 Å². The lowest BCUT2D eigenvalue weighted by atomic mass is 9.95. The molecule has 1 heterocycles. The number of aliphatic hydroxyl groups excluding tert-OH is 1. The first-order valence-corrected chi connectivity index (χ1v) is 8.38. The van der Waals surface area contributed by atoms with Gasteiger partial charge in [-0.15, -0.1) is 0 Å². The second-order valence-electron chi connectivity index (χ2n) is 6.57. The first-order chi connectivity index (χ1) is 11.6. The summed E-state index contributed by atoms with van der Waals surface area (Å²) >= 11 is 0. The molecule has 0 bridgehead atoms. The molecule has 2 N–H and O–H groups in total. The zero-order valence-electron chi connectivity index (χ0n) is 14.3. The summed E-state index contributed by atoms with van der Waals surface area (Å²) in [5.41, 5.74) is 4.74. The maximum atomic E-state index is 8.91. The van der Waals surface area contributed by atoms with Gasteiger partial charge in [-0.3, -0.25) is 0 Å². The molecule has 0 spiro atoms. The van der Waals surface area contributed by atoms with Crippen LogP contribution >= 0.6 is 0 Å². The molecule has 1 aliphatic heterocycles. The molecule has 2 aromatic carbocycles. The number of aliphatic hydroxyl groups is 1. The highest BCUT2D eigenvalue weighted by Crippen LogP contribution is 2.36. The molecule has 3 rings (SSSR count). The van der Waals surface area contributed by atoms with Crippen molar-refractivity contribution in [2.45, 2.75) is 39.1 Å². The van der Waals surface area contributed by atoms with E-state index < -0.39 is 0 Å². The van der Waals surface area contributed by atoms with E-state index in [0.717, 1.165) is 24.4 Å². The number of hydrogen-bond acceptors (Lipinski definition) is 4. The predicted molar refractivity (Wildman–Crippen MR) is 93.8 cm³/mol. The van der Waals surface area contributed by atoms with E-state index in [1.807, 2.05) is 24.3 Å². The zero-order chi connectivity index (χ0) is 17.0. The smallest absolute Gasteiger partial charge is 0.123 e. The molecule has 0 saturated carbocycles. The predicted octanol–water partition coefficient (Wildman–Crippen LogP) is 3.11. The molecule has 1 aliphatic rings. The number of benzene rings is 2. The van der Waals surface area contributed by atoms with Crippen LogP contribution in [-0.4, -0.2) is 18.3 Å². The Balaban J connectivity index is 1.60. The van der Waals surface area contributed by atoms with Crippen LogP contribution < -0.4 is 10.1 Å². The third-order valence-corrected chi connectivity index (χ3v) is 4.37. The summed E-state index contributed by atoms with van der Waals surface area (Å²) in [4.78, 5) is 0. The minimum Gasteiger partial charge on any atom is -0.491 e. The van der Waals surface area contributed by atoms with E-state index in [0.29, 0.717) is 13.2 Å². The van der Waals surface area contributed by atoms with E-state index in [2.05, 4.69) is 37.4 Å². The lowest BCUT2D eigenvalue weighted by Gasteiger charge is -2.18. The van der Waals surface area contributed by atoms with Gasteiger partial charge in [0, 0.05) is 18.7 Å². The summed E-state index contributed by atoms with van der Waals surface area (Å²) < 4.78 is 11.4. The van der Waals surface area contributed by atoms with Crippen molar-refractivity contribution >= 4 is 0 Å². The SMILES string of the molecule is CC1(C)OCc2cc(CNCc3ccccc3OCCO)ccc21. The van der Waals surface area contributed by atoms with E-state index in [-0.39, 0.29) is 12.2 Å². The van der Waals surface area contributed by atoms with Crippen molar-refractivity contribution in [3.8, 4) is 5.75 Å². The van der Waals surface area contributed by atoms with E-state index in [4.69, 9.17) is 14.6 Å². The minimum atomic E-state index is -0.176. The molecule has 0 saturated heterocycles. The second-order valence-corrected chi connectivity index (χ2v) is 6.57. The fourth-order valence-electron chi connectivity index (χ4n) is 3.09. The lowest BCUT2D eigenvalue weighted by molar-refractivity contribution is -0.00789. The molecule has 0 amide bonds. The van der Waals surface area contributed by atoms with Gasteiger partial charge in [-0.1, -0.05) is 36.4 Å². The monoisotopic (exact) mass is 327 g/mol. The molecule has 0 radical (unpaired) electrons. The second kappa shape index (κ2) is 7.34. The highest BCUT2D eigenvalue weighted by molar-refractivity contribution is 5.38. The fourth-order valence-corrected chi connectivity index (χ4v) is 3.09. The molecule has 4 nitrogen and oxygen atoms in total. The van der Waals surface area contributed by atoms with Gasteiger partial charge in [0.05, 0.1) is 18.8 Å². The van der Waals surface area contributed by atoms with Crippen molar-refractivity contribution in [2.75, 3.05) is 13.2 Å². The molecule has 0 unspecified atom stereocenters. The maximum absolute atomic E-state index is 8.91. The van der Waals surface area contributed by atoms with Gasteiger partial charge >= 0.3 is 0 Å². The van der Waals surface area contributed by atoms with Crippen LogP contribution in [0.4, 0.5) is 0 Å². The van der Waals surface area contributed by atoms with E-state index >= 15 is 0 Å². The van der Waals surface area contributed by atoms with Gasteiger partial charge in [0.15, 0.2) is 0 Å². The lowest BCUT2D eigenvalue weighted by Crippen LogP contribution is -2.16. The van der Waals surface area contributed by atoms with Gasteiger partial charge in [-0.2, -0.15) is 0 Å². The Bertz CT molecular complexity index is 697. The minimum absolute atomic E-state index is 0.0231. The van der Waals surface area contributed by atoms with Gasteiger partial charge in [-0.05, 0) is 36.6 Å². The summed E-state index contributed by atoms with van der Waals surface area (Å²) in [7, 11) is 0. The normalized spacial score (nSPS) is 15.3. The van der Waals surface area contributed by atoms with Crippen LogP contribution in [0, 0.1) is 0 Å². The first-order valence-electron chi connectivity index (χ1n) is 8.38. The van der Waals surface area contributed by atoms with Crippen LogP contribution in [0.15, 0.2) is 42.5 Å². The van der Waals surface area contributed by atoms with Crippen molar-refractivity contribution in [3.05, 3.63) is 64.7 Å². The summed E-state index contributed by atoms with van der Waals surface area (Å²) in [5, 5.41) is 12.4. The van der Waals surface area contributed by atoms with Crippen LogP contribution in [0.5, 0.6) is 5.75 Å². The highest BCUT2D eigenvalue weighted by atomic mass is 16.5. The van der Waals surface area contributed by atoms with Crippen molar-refractivity contribution in [2.24, 2.45) is 0 Å². The summed E-state index contributed by atoms with van der Waals surface area (Å²) in [5.74, 6) is 0.822. The highest BCUT2D eigenvalue weighted by Gasteiger charge is 2.30. The Morgan fingerprint density at radius 2 is 2.00 bits per heavy atom. The van der Waals surface area contributed by atoms with Crippen LogP contribution in [-0.2, 0) is 30.0 Å². The van der Waals surface area contributed by atoms with Crippen LogP contribution in [0.25, 0.3) is 0 Å². The average Bonchev–Trinajstić information content (AvgIpc) is 2.89. The molecular formula is C20H25NO3. The third-order valence-electron chi connectivity index (χ3n) is 4.37. The molecular weight excluding hydrogens is 302 g/mol. The average molecular weight is 327 g/mol. The quantitative estimate of drug-likeness (QED) is 0.820. The number of rotatable bonds is 7. The molecule has 0 fully saturated rings. The first kappa shape index (κ1) is 17.0. The Hall–Kier alpha value is -1.88. The summed E-state index contributed by atoms with van der Waals surface area (Å²) in [6.45, 7) is 6.77. The Kier molecular flexibility index (Phi) is 5.19. The van der Waals surface area contributed by atoms with Crippen molar-refractivity contribution in [3.63, 3.8) is 0 Å². The molecule has 128 valence electrons. The molecule has 0 aromatic heterocycles. The number of hydrogen-bond donors (Lipinski definition) is 2. The van der Waals surface area contributed by atoms with Crippen LogP contribution in [0.2, 0.25) is 0 Å². The van der Waals surface area contributed by atoms with Gasteiger partial charge in [0.1, 0.15) is 12.4 Å². The van der Waals surface area contributed by atoms with Crippen LogP contribution in [0.1, 0.15) is 36.1 Å². The number of para-hydroxylation sites is 1. The number of nitrogens with one attached hydrogen (secondary N) is 1. The molecule has 0 aliphatic carbocycles. The van der Waals surface area contributed by atoms with Crippen molar-refractivity contribution < 1.29 is 14.6 Å². The topological polar surface area (TPSA) is 50.7 Å². The van der Waals surface area contributed by atoms with Crippen molar-refractivity contribution in [1.82, 2.24) is 5.32 Å². The Morgan fingerprint density at radius 1 is 1.17 bits per heavy atom. The summed E-state index contributed by atoms with van der Waals surface area (Å²) in [6, 6.07) is 14.5. The number of ether oxygens (including phenoxy) is 2. The molecule has 4 heteroatoms. The third kappa shape index (κ3) is 3.78. The van der Waals surface area contributed by atoms with Gasteiger partial charge in [0.2, 0.25) is 0 Å².